The normalized spacial score (nSPS) is 11.6. The first kappa shape index (κ1) is 10.6. The fourth-order valence-electron chi connectivity index (χ4n) is 0.883. The highest BCUT2D eigenvalue weighted by Gasteiger charge is 2.17. The van der Waals surface area contributed by atoms with Crippen molar-refractivity contribution in [2.75, 3.05) is 0 Å². The van der Waals surface area contributed by atoms with Crippen molar-refractivity contribution in [2.45, 2.75) is 11.8 Å². The Balaban J connectivity index is 3.38. The molecule has 0 spiro atoms. The van der Waals surface area contributed by atoms with Crippen LogP contribution in [0.2, 0.25) is 0 Å². The second-order valence-corrected chi connectivity index (χ2v) is 4.85. The Kier molecular flexibility index (Phi) is 3.07. The lowest BCUT2D eigenvalue weighted by Gasteiger charge is -2.03. The number of benzene rings is 1. The molecule has 1 rings (SSSR count). The van der Waals surface area contributed by atoms with Gasteiger partial charge in [0.05, 0.1) is 0 Å². The maximum atomic E-state index is 11.1. The molecule has 0 atom stereocenters. The van der Waals surface area contributed by atoms with Crippen LogP contribution in [-0.4, -0.2) is 13.7 Å². The zero-order valence-corrected chi connectivity index (χ0v) is 9.09. The molecule has 1 aromatic rings. The van der Waals surface area contributed by atoms with Gasteiger partial charge in [-0.1, -0.05) is 22.0 Å². The van der Waals surface area contributed by atoms with Crippen molar-refractivity contribution in [1.82, 2.24) is 0 Å². The van der Waals surface area contributed by atoms with Gasteiger partial charge >= 0.3 is 10.1 Å². The summed E-state index contributed by atoms with van der Waals surface area (Å²) >= 11 is 3.12. The van der Waals surface area contributed by atoms with Gasteiger partial charge < -0.3 is 0 Å². The average molecular weight is 267 g/mol. The van der Waals surface area contributed by atoms with Gasteiger partial charge in [-0.05, 0) is 24.6 Å². The van der Waals surface area contributed by atoms with Crippen LogP contribution in [-0.2, 0) is 14.5 Å². The molecule has 0 aliphatic rings. The molecule has 6 heteroatoms. The van der Waals surface area contributed by atoms with Crippen molar-refractivity contribution >= 4 is 26.0 Å². The molecule has 0 saturated carbocycles. The summed E-state index contributed by atoms with van der Waals surface area (Å²) in [5, 5.41) is 8.16. The summed E-state index contributed by atoms with van der Waals surface area (Å²) in [6, 6.07) is 4.67. The van der Waals surface area contributed by atoms with Gasteiger partial charge in [-0.15, -0.1) is 4.33 Å². The number of rotatable bonds is 2. The van der Waals surface area contributed by atoms with E-state index in [-0.39, 0.29) is 4.90 Å². The van der Waals surface area contributed by atoms with Crippen molar-refractivity contribution < 1.29 is 18.0 Å². The molecule has 0 amide bonds. The Bertz CT molecular complexity index is 413. The highest BCUT2D eigenvalue weighted by atomic mass is 79.9. The third-order valence-corrected chi connectivity index (χ3v) is 3.19. The van der Waals surface area contributed by atoms with Gasteiger partial charge in [0.2, 0.25) is 0 Å². The van der Waals surface area contributed by atoms with E-state index in [1.54, 1.807) is 19.1 Å². The molecule has 0 heterocycles. The zero-order chi connectivity index (χ0) is 10.1. The molecule has 0 aliphatic carbocycles. The number of hydrogen-bond donors (Lipinski definition) is 1. The molecular formula is C7H7BrO4S. The van der Waals surface area contributed by atoms with Crippen molar-refractivity contribution in [1.29, 1.82) is 0 Å². The highest BCUT2D eigenvalue weighted by Crippen LogP contribution is 2.21. The first-order valence-corrected chi connectivity index (χ1v) is 5.51. The molecule has 72 valence electrons. The summed E-state index contributed by atoms with van der Waals surface area (Å²) in [4.78, 5) is -0.0515. The standard InChI is InChI=1S/C7H7BrO4S/c1-5-2-3-6(8)4-7(5)13(10,11)12-9/h2-4,9H,1H3. The smallest absolute Gasteiger partial charge is 0.235 e. The molecule has 1 N–H and O–H groups in total. The third kappa shape index (κ3) is 2.28. The monoisotopic (exact) mass is 266 g/mol. The molecule has 0 saturated heterocycles. The van der Waals surface area contributed by atoms with Gasteiger partial charge in [-0.2, -0.15) is 8.42 Å². The lowest BCUT2D eigenvalue weighted by Crippen LogP contribution is -2.05. The topological polar surface area (TPSA) is 63.6 Å². The quantitative estimate of drug-likeness (QED) is 0.657. The fourth-order valence-corrected chi connectivity index (χ4v) is 2.21. The van der Waals surface area contributed by atoms with Crippen LogP contribution in [0.1, 0.15) is 5.56 Å². The summed E-state index contributed by atoms with van der Waals surface area (Å²) in [6.07, 6.45) is 0. The van der Waals surface area contributed by atoms with Crippen molar-refractivity contribution in [3.8, 4) is 0 Å². The minimum absolute atomic E-state index is 0.0515. The van der Waals surface area contributed by atoms with E-state index in [0.717, 1.165) is 0 Å². The van der Waals surface area contributed by atoms with E-state index >= 15 is 0 Å². The predicted molar refractivity (Wildman–Crippen MR) is 49.8 cm³/mol. The first-order valence-electron chi connectivity index (χ1n) is 3.31. The lowest BCUT2D eigenvalue weighted by molar-refractivity contribution is -0.130. The van der Waals surface area contributed by atoms with Crippen molar-refractivity contribution in [2.24, 2.45) is 0 Å². The Labute approximate surface area is 84.3 Å². The molecule has 0 aromatic heterocycles. The minimum Gasteiger partial charge on any atom is -0.235 e. The number of halogens is 1. The van der Waals surface area contributed by atoms with Crippen molar-refractivity contribution in [3.05, 3.63) is 28.2 Å². The molecular weight excluding hydrogens is 260 g/mol. The maximum absolute atomic E-state index is 11.1. The van der Waals surface area contributed by atoms with E-state index in [9.17, 15) is 8.42 Å². The van der Waals surface area contributed by atoms with Gasteiger partial charge in [0.25, 0.3) is 0 Å². The predicted octanol–water partition coefficient (Wildman–Crippen LogP) is 1.94. The Morgan fingerprint density at radius 1 is 1.46 bits per heavy atom. The van der Waals surface area contributed by atoms with Crippen molar-refractivity contribution in [3.63, 3.8) is 0 Å². The lowest BCUT2D eigenvalue weighted by atomic mass is 10.2. The third-order valence-electron chi connectivity index (χ3n) is 1.52. The van der Waals surface area contributed by atoms with Gasteiger partial charge in [0, 0.05) is 4.47 Å². The van der Waals surface area contributed by atoms with Gasteiger partial charge in [-0.25, -0.2) is 5.26 Å². The largest absolute Gasteiger partial charge is 0.323 e. The van der Waals surface area contributed by atoms with Gasteiger partial charge in [0.15, 0.2) is 0 Å². The number of hydrogen-bond acceptors (Lipinski definition) is 4. The molecule has 0 fully saturated rings. The minimum atomic E-state index is -4.03. The number of aryl methyl sites for hydroxylation is 1. The summed E-state index contributed by atoms with van der Waals surface area (Å²) in [5.74, 6) is 0. The molecule has 0 unspecified atom stereocenters. The second kappa shape index (κ2) is 3.75. The fraction of sp³-hybridized carbons (Fsp3) is 0.143. The highest BCUT2D eigenvalue weighted by molar-refractivity contribution is 9.10. The molecule has 4 nitrogen and oxygen atoms in total. The second-order valence-electron chi connectivity index (χ2n) is 2.44. The van der Waals surface area contributed by atoms with E-state index in [1.807, 2.05) is 0 Å². The van der Waals surface area contributed by atoms with Gasteiger partial charge in [0.1, 0.15) is 4.90 Å². The first-order chi connectivity index (χ1) is 5.97. The van der Waals surface area contributed by atoms with Crippen LogP contribution < -0.4 is 0 Å². The van der Waals surface area contributed by atoms with E-state index in [0.29, 0.717) is 10.0 Å². The Morgan fingerprint density at radius 3 is 2.62 bits per heavy atom. The molecule has 0 aliphatic heterocycles. The van der Waals surface area contributed by atoms with Crippen LogP contribution in [0.15, 0.2) is 27.6 Å². The van der Waals surface area contributed by atoms with Crippen LogP contribution in [0.4, 0.5) is 0 Å². The van der Waals surface area contributed by atoms with Crippen LogP contribution in [0.3, 0.4) is 0 Å². The summed E-state index contributed by atoms with van der Waals surface area (Å²) < 4.78 is 26.2. The Hall–Kier alpha value is -0.430. The van der Waals surface area contributed by atoms with E-state index in [2.05, 4.69) is 20.3 Å². The maximum Gasteiger partial charge on any atom is 0.323 e. The summed E-state index contributed by atoms with van der Waals surface area (Å²) in [7, 11) is -4.03. The van der Waals surface area contributed by atoms with Crippen LogP contribution >= 0.6 is 15.9 Å². The van der Waals surface area contributed by atoms with Crippen LogP contribution in [0.25, 0.3) is 0 Å². The SMILES string of the molecule is Cc1ccc(Br)cc1S(=O)(=O)OO. The van der Waals surface area contributed by atoms with E-state index in [1.165, 1.54) is 6.07 Å². The Morgan fingerprint density at radius 2 is 2.08 bits per heavy atom. The molecule has 0 radical (unpaired) electrons. The summed E-state index contributed by atoms with van der Waals surface area (Å²) in [5.41, 5.74) is 0.511. The average Bonchev–Trinajstić information content (AvgIpc) is 2.09. The molecule has 1 aromatic carbocycles. The summed E-state index contributed by atoms with van der Waals surface area (Å²) in [6.45, 7) is 1.61. The van der Waals surface area contributed by atoms with E-state index < -0.39 is 10.1 Å². The van der Waals surface area contributed by atoms with E-state index in [4.69, 9.17) is 5.26 Å². The zero-order valence-electron chi connectivity index (χ0n) is 6.69. The molecule has 0 bridgehead atoms. The van der Waals surface area contributed by atoms with Gasteiger partial charge in [-0.3, -0.25) is 0 Å². The van der Waals surface area contributed by atoms with Crippen LogP contribution in [0, 0.1) is 6.92 Å². The van der Waals surface area contributed by atoms with Crippen LogP contribution in [0.5, 0.6) is 0 Å². The molecule has 13 heavy (non-hydrogen) atoms.